The van der Waals surface area contributed by atoms with Crippen LogP contribution in [0.1, 0.15) is 20.3 Å². The molecule has 0 heterocycles. The summed E-state index contributed by atoms with van der Waals surface area (Å²) in [6.07, 6.45) is 0.524. The number of hydrogen-bond acceptors (Lipinski definition) is 2. The van der Waals surface area contributed by atoms with Crippen LogP contribution in [0.4, 0.5) is 4.39 Å². The number of nitrogens with one attached hydrogen (secondary N) is 1. The molecule has 94 valence electrons. The Morgan fingerprint density at radius 1 is 1.35 bits per heavy atom. The zero-order valence-corrected chi connectivity index (χ0v) is 10.2. The number of carbonyl (C=O) groups excluding carboxylic acids is 1. The Morgan fingerprint density at radius 2 is 2.00 bits per heavy atom. The van der Waals surface area contributed by atoms with Crippen molar-refractivity contribution in [1.29, 1.82) is 0 Å². The van der Waals surface area contributed by atoms with Crippen LogP contribution in [0.25, 0.3) is 0 Å². The van der Waals surface area contributed by atoms with Crippen LogP contribution in [0.2, 0.25) is 0 Å². The summed E-state index contributed by atoms with van der Waals surface area (Å²) >= 11 is 0. The predicted molar refractivity (Wildman–Crippen MR) is 64.4 cm³/mol. The first-order valence-electron chi connectivity index (χ1n) is 5.73. The zero-order valence-electron chi connectivity index (χ0n) is 10.2. The summed E-state index contributed by atoms with van der Waals surface area (Å²) in [6.45, 7) is 4.83. The average molecular weight is 239 g/mol. The second-order valence-electron chi connectivity index (χ2n) is 4.25. The van der Waals surface area contributed by atoms with Gasteiger partial charge >= 0.3 is 0 Å². The molecule has 1 N–H and O–H groups in total. The molecule has 0 aliphatic heterocycles. The quantitative estimate of drug-likeness (QED) is 0.774. The molecule has 0 saturated heterocycles. The highest BCUT2D eigenvalue weighted by molar-refractivity contribution is 5.75. The maximum absolute atomic E-state index is 12.6. The molecule has 3 nitrogen and oxygen atoms in total. The number of benzene rings is 1. The molecule has 0 radical (unpaired) electrons. The minimum absolute atomic E-state index is 0.0303. The lowest BCUT2D eigenvalue weighted by atomic mass is 10.1. The van der Waals surface area contributed by atoms with Crippen LogP contribution in [0, 0.1) is 11.7 Å². The highest BCUT2D eigenvalue weighted by Crippen LogP contribution is 2.10. The van der Waals surface area contributed by atoms with E-state index in [1.54, 1.807) is 12.1 Å². The molecule has 4 heteroatoms. The summed E-state index contributed by atoms with van der Waals surface area (Å²) in [5.41, 5.74) is 0. The smallest absolute Gasteiger partial charge is 0.220 e. The minimum Gasteiger partial charge on any atom is -0.492 e. The van der Waals surface area contributed by atoms with E-state index in [0.29, 0.717) is 31.2 Å². The summed E-state index contributed by atoms with van der Waals surface area (Å²) in [4.78, 5) is 11.3. The number of carbonyl (C=O) groups is 1. The van der Waals surface area contributed by atoms with Crippen LogP contribution in [0.3, 0.4) is 0 Å². The Morgan fingerprint density at radius 3 is 2.59 bits per heavy atom. The lowest BCUT2D eigenvalue weighted by molar-refractivity contribution is -0.121. The first-order chi connectivity index (χ1) is 8.08. The summed E-state index contributed by atoms with van der Waals surface area (Å²) < 4.78 is 17.9. The van der Waals surface area contributed by atoms with Crippen molar-refractivity contribution in [3.63, 3.8) is 0 Å². The van der Waals surface area contributed by atoms with E-state index in [4.69, 9.17) is 4.74 Å². The lowest BCUT2D eigenvalue weighted by Crippen LogP contribution is -2.28. The number of rotatable bonds is 6. The van der Waals surface area contributed by atoms with Crippen molar-refractivity contribution in [1.82, 2.24) is 5.32 Å². The monoisotopic (exact) mass is 239 g/mol. The molecule has 0 bridgehead atoms. The molecule has 1 aromatic rings. The van der Waals surface area contributed by atoms with Crippen LogP contribution in [-0.4, -0.2) is 19.1 Å². The first kappa shape index (κ1) is 13.5. The van der Waals surface area contributed by atoms with Gasteiger partial charge in [0.05, 0.1) is 6.54 Å². The van der Waals surface area contributed by atoms with E-state index in [0.717, 1.165) is 0 Å². The molecule has 0 aromatic heterocycles. The van der Waals surface area contributed by atoms with Crippen molar-refractivity contribution >= 4 is 5.91 Å². The topological polar surface area (TPSA) is 38.3 Å². The van der Waals surface area contributed by atoms with E-state index in [-0.39, 0.29) is 11.7 Å². The Bertz CT molecular complexity index is 349. The van der Waals surface area contributed by atoms with Crippen molar-refractivity contribution in [3.05, 3.63) is 30.1 Å². The minimum atomic E-state index is -0.289. The van der Waals surface area contributed by atoms with Gasteiger partial charge in [0.2, 0.25) is 5.91 Å². The van der Waals surface area contributed by atoms with E-state index in [1.165, 1.54) is 12.1 Å². The molecule has 1 aromatic carbocycles. The van der Waals surface area contributed by atoms with E-state index in [1.807, 2.05) is 13.8 Å². The zero-order chi connectivity index (χ0) is 12.7. The van der Waals surface area contributed by atoms with E-state index in [9.17, 15) is 9.18 Å². The van der Waals surface area contributed by atoms with E-state index in [2.05, 4.69) is 5.32 Å². The molecular weight excluding hydrogens is 221 g/mol. The fraction of sp³-hybridized carbons (Fsp3) is 0.462. The molecule has 0 spiro atoms. The Hall–Kier alpha value is -1.58. The second kappa shape index (κ2) is 6.89. The van der Waals surface area contributed by atoms with E-state index >= 15 is 0 Å². The maximum Gasteiger partial charge on any atom is 0.220 e. The molecule has 1 amide bonds. The highest BCUT2D eigenvalue weighted by atomic mass is 19.1. The van der Waals surface area contributed by atoms with Crippen molar-refractivity contribution in [2.75, 3.05) is 13.2 Å². The fourth-order valence-corrected chi connectivity index (χ4v) is 1.33. The Balaban J connectivity index is 2.16. The summed E-state index contributed by atoms with van der Waals surface area (Å²) in [5.74, 6) is 0.697. The summed E-state index contributed by atoms with van der Waals surface area (Å²) in [6, 6.07) is 5.80. The third-order valence-electron chi connectivity index (χ3n) is 2.10. The van der Waals surface area contributed by atoms with Gasteiger partial charge in [0, 0.05) is 6.42 Å². The number of ether oxygens (including phenoxy) is 1. The lowest BCUT2D eigenvalue weighted by Gasteiger charge is -2.08. The Kier molecular flexibility index (Phi) is 5.46. The number of halogens is 1. The fourth-order valence-electron chi connectivity index (χ4n) is 1.33. The highest BCUT2D eigenvalue weighted by Gasteiger charge is 2.03. The molecule has 0 saturated carbocycles. The number of hydrogen-bond donors (Lipinski definition) is 1. The Labute approximate surface area is 101 Å². The standard InChI is InChI=1S/C13H18FNO2/c1-10(2)9-13(16)15-7-8-17-12-5-3-11(14)4-6-12/h3-6,10H,7-9H2,1-2H3,(H,15,16). The van der Waals surface area contributed by atoms with Crippen LogP contribution in [0.5, 0.6) is 5.75 Å². The van der Waals surface area contributed by atoms with Gasteiger partial charge in [-0.2, -0.15) is 0 Å². The summed E-state index contributed by atoms with van der Waals surface area (Å²) in [5, 5.41) is 2.76. The van der Waals surface area contributed by atoms with Gasteiger partial charge in [-0.05, 0) is 30.2 Å². The van der Waals surface area contributed by atoms with Gasteiger partial charge in [0.15, 0.2) is 0 Å². The van der Waals surface area contributed by atoms with Crippen molar-refractivity contribution in [3.8, 4) is 5.75 Å². The van der Waals surface area contributed by atoms with Crippen molar-refractivity contribution in [2.24, 2.45) is 5.92 Å². The van der Waals surface area contributed by atoms with Crippen molar-refractivity contribution in [2.45, 2.75) is 20.3 Å². The van der Waals surface area contributed by atoms with Gasteiger partial charge in [-0.15, -0.1) is 0 Å². The molecule has 0 unspecified atom stereocenters. The molecule has 0 atom stereocenters. The van der Waals surface area contributed by atoms with Crippen LogP contribution in [-0.2, 0) is 4.79 Å². The van der Waals surface area contributed by atoms with E-state index < -0.39 is 0 Å². The van der Waals surface area contributed by atoms with Gasteiger partial charge in [0.25, 0.3) is 0 Å². The van der Waals surface area contributed by atoms with Gasteiger partial charge < -0.3 is 10.1 Å². The molecule has 1 rings (SSSR count). The third-order valence-corrected chi connectivity index (χ3v) is 2.10. The van der Waals surface area contributed by atoms with Gasteiger partial charge in [-0.3, -0.25) is 4.79 Å². The van der Waals surface area contributed by atoms with Crippen LogP contribution in [0.15, 0.2) is 24.3 Å². The van der Waals surface area contributed by atoms with Crippen molar-refractivity contribution < 1.29 is 13.9 Å². The molecule has 17 heavy (non-hydrogen) atoms. The van der Waals surface area contributed by atoms with Crippen LogP contribution >= 0.6 is 0 Å². The molecule has 0 aliphatic rings. The third kappa shape index (κ3) is 5.90. The van der Waals surface area contributed by atoms with Crippen LogP contribution < -0.4 is 10.1 Å². The van der Waals surface area contributed by atoms with Gasteiger partial charge in [0.1, 0.15) is 18.2 Å². The largest absolute Gasteiger partial charge is 0.492 e. The average Bonchev–Trinajstić information content (AvgIpc) is 2.26. The molecular formula is C13H18FNO2. The second-order valence-corrected chi connectivity index (χ2v) is 4.25. The summed E-state index contributed by atoms with van der Waals surface area (Å²) in [7, 11) is 0. The maximum atomic E-state index is 12.6. The SMILES string of the molecule is CC(C)CC(=O)NCCOc1ccc(F)cc1. The van der Waals surface area contributed by atoms with Gasteiger partial charge in [-0.25, -0.2) is 4.39 Å². The molecule has 0 fully saturated rings. The predicted octanol–water partition coefficient (Wildman–Crippen LogP) is 2.37. The normalized spacial score (nSPS) is 10.4. The van der Waals surface area contributed by atoms with Gasteiger partial charge in [-0.1, -0.05) is 13.8 Å². The number of amides is 1. The first-order valence-corrected chi connectivity index (χ1v) is 5.73. The molecule has 0 aliphatic carbocycles.